The van der Waals surface area contributed by atoms with Crippen molar-refractivity contribution in [3.8, 4) is 0 Å². The molecule has 0 aliphatic rings. The molecule has 0 heterocycles. The van der Waals surface area contributed by atoms with Crippen molar-refractivity contribution in [3.05, 3.63) is 35.1 Å². The van der Waals surface area contributed by atoms with Crippen LogP contribution in [-0.2, 0) is 0 Å². The van der Waals surface area contributed by atoms with E-state index < -0.39 is 22.8 Å². The van der Waals surface area contributed by atoms with Crippen LogP contribution in [0, 0.1) is 17.5 Å². The molecule has 0 amide bonds. The molecule has 0 radical (unpaired) electrons. The summed E-state index contributed by atoms with van der Waals surface area (Å²) in [5.74, 6) is -3.05. The van der Waals surface area contributed by atoms with Gasteiger partial charge in [-0.2, -0.15) is 0 Å². The SMILES string of the molecule is CCCC(Cl)c1cc(F)cc(F)c1F. The zero-order valence-corrected chi connectivity index (χ0v) is 8.41. The van der Waals surface area contributed by atoms with E-state index in [0.29, 0.717) is 12.5 Å². The molecule has 0 bridgehead atoms. The molecule has 0 aromatic heterocycles. The Morgan fingerprint density at radius 1 is 1.29 bits per heavy atom. The third-order valence-corrected chi connectivity index (χ3v) is 2.35. The molecule has 1 rings (SSSR count). The van der Waals surface area contributed by atoms with Crippen LogP contribution in [0.25, 0.3) is 0 Å². The van der Waals surface area contributed by atoms with Crippen LogP contribution in [0.15, 0.2) is 12.1 Å². The average Bonchev–Trinajstić information content (AvgIpc) is 2.11. The minimum absolute atomic E-state index is 0.106. The Morgan fingerprint density at radius 2 is 1.93 bits per heavy atom. The summed E-state index contributed by atoms with van der Waals surface area (Å²) < 4.78 is 38.6. The first-order valence-corrected chi connectivity index (χ1v) is 4.78. The predicted molar refractivity (Wildman–Crippen MR) is 49.8 cm³/mol. The Labute approximate surface area is 85.7 Å². The zero-order chi connectivity index (χ0) is 10.7. The second-order valence-corrected chi connectivity index (χ2v) is 3.57. The van der Waals surface area contributed by atoms with Gasteiger partial charge in [0.15, 0.2) is 11.6 Å². The van der Waals surface area contributed by atoms with Crippen molar-refractivity contribution < 1.29 is 13.2 Å². The molecule has 0 N–H and O–H groups in total. The molecule has 1 unspecified atom stereocenters. The van der Waals surface area contributed by atoms with E-state index in [1.165, 1.54) is 0 Å². The molecule has 0 saturated carbocycles. The highest BCUT2D eigenvalue weighted by atomic mass is 35.5. The van der Waals surface area contributed by atoms with Crippen LogP contribution in [0.3, 0.4) is 0 Å². The summed E-state index contributed by atoms with van der Waals surface area (Å²) in [4.78, 5) is 0. The molecule has 0 spiro atoms. The molecular formula is C10H10ClF3. The van der Waals surface area contributed by atoms with E-state index in [2.05, 4.69) is 0 Å². The summed E-state index contributed by atoms with van der Waals surface area (Å²) in [5, 5.41) is -0.676. The van der Waals surface area contributed by atoms with Crippen molar-refractivity contribution in [1.29, 1.82) is 0 Å². The average molecular weight is 223 g/mol. The van der Waals surface area contributed by atoms with Gasteiger partial charge in [0.05, 0.1) is 5.38 Å². The fraction of sp³-hybridized carbons (Fsp3) is 0.400. The molecule has 14 heavy (non-hydrogen) atoms. The maximum absolute atomic E-state index is 13.1. The van der Waals surface area contributed by atoms with Gasteiger partial charge < -0.3 is 0 Å². The topological polar surface area (TPSA) is 0 Å². The number of hydrogen-bond donors (Lipinski definition) is 0. The maximum atomic E-state index is 13.1. The zero-order valence-electron chi connectivity index (χ0n) is 7.66. The molecule has 1 aromatic rings. The molecule has 0 aliphatic heterocycles. The molecule has 0 aliphatic carbocycles. The van der Waals surface area contributed by atoms with E-state index in [9.17, 15) is 13.2 Å². The van der Waals surface area contributed by atoms with Crippen molar-refractivity contribution in [2.24, 2.45) is 0 Å². The summed E-state index contributed by atoms with van der Waals surface area (Å²) in [5.41, 5.74) is -0.106. The highest BCUT2D eigenvalue weighted by molar-refractivity contribution is 6.20. The minimum atomic E-state index is -1.19. The largest absolute Gasteiger partial charge is 0.207 e. The Balaban J connectivity index is 3.07. The van der Waals surface area contributed by atoms with Gasteiger partial charge in [0.1, 0.15) is 5.82 Å². The Hall–Kier alpha value is -0.700. The van der Waals surface area contributed by atoms with E-state index in [-0.39, 0.29) is 5.56 Å². The molecule has 1 aromatic carbocycles. The van der Waals surface area contributed by atoms with E-state index in [1.807, 2.05) is 6.92 Å². The van der Waals surface area contributed by atoms with Crippen LogP contribution in [0.2, 0.25) is 0 Å². The van der Waals surface area contributed by atoms with Crippen molar-refractivity contribution >= 4 is 11.6 Å². The molecule has 4 heteroatoms. The Morgan fingerprint density at radius 3 is 2.50 bits per heavy atom. The number of rotatable bonds is 3. The predicted octanol–water partition coefficient (Wildman–Crippen LogP) is 4.18. The van der Waals surface area contributed by atoms with E-state index in [4.69, 9.17) is 11.6 Å². The first kappa shape index (κ1) is 11.4. The van der Waals surface area contributed by atoms with Gasteiger partial charge in [-0.25, -0.2) is 13.2 Å². The lowest BCUT2D eigenvalue weighted by Gasteiger charge is -2.09. The first-order valence-electron chi connectivity index (χ1n) is 4.34. The van der Waals surface area contributed by atoms with E-state index in [0.717, 1.165) is 12.5 Å². The van der Waals surface area contributed by atoms with Gasteiger partial charge in [-0.15, -0.1) is 11.6 Å². The molecule has 0 nitrogen and oxygen atoms in total. The van der Waals surface area contributed by atoms with E-state index >= 15 is 0 Å². The van der Waals surface area contributed by atoms with Crippen LogP contribution in [0.5, 0.6) is 0 Å². The van der Waals surface area contributed by atoms with Gasteiger partial charge in [-0.1, -0.05) is 13.3 Å². The first-order chi connectivity index (χ1) is 6.56. The standard InChI is InChI=1S/C10H10ClF3/c1-2-3-8(11)7-4-6(12)5-9(13)10(7)14/h4-5,8H,2-3H2,1H3. The maximum Gasteiger partial charge on any atom is 0.163 e. The summed E-state index contributed by atoms with van der Waals surface area (Å²) in [7, 11) is 0. The van der Waals surface area contributed by atoms with Crippen LogP contribution in [-0.4, -0.2) is 0 Å². The normalized spacial score (nSPS) is 12.9. The smallest absolute Gasteiger partial charge is 0.163 e. The Bertz CT molecular complexity index is 325. The van der Waals surface area contributed by atoms with Gasteiger partial charge >= 0.3 is 0 Å². The van der Waals surface area contributed by atoms with Gasteiger partial charge in [-0.05, 0) is 12.5 Å². The van der Waals surface area contributed by atoms with Crippen LogP contribution >= 0.6 is 11.6 Å². The fourth-order valence-corrected chi connectivity index (χ4v) is 1.59. The summed E-state index contributed by atoms with van der Waals surface area (Å²) in [6, 6.07) is 1.44. The quantitative estimate of drug-likeness (QED) is 0.532. The summed E-state index contributed by atoms with van der Waals surface area (Å²) >= 11 is 5.78. The minimum Gasteiger partial charge on any atom is -0.207 e. The second-order valence-electron chi connectivity index (χ2n) is 3.05. The highest BCUT2D eigenvalue weighted by Crippen LogP contribution is 2.29. The molecule has 0 saturated heterocycles. The van der Waals surface area contributed by atoms with Crippen molar-refractivity contribution in [2.45, 2.75) is 25.1 Å². The van der Waals surface area contributed by atoms with Crippen molar-refractivity contribution in [3.63, 3.8) is 0 Å². The Kier molecular flexibility index (Phi) is 3.81. The number of halogens is 4. The van der Waals surface area contributed by atoms with Gasteiger partial charge in [0.25, 0.3) is 0 Å². The lowest BCUT2D eigenvalue weighted by atomic mass is 10.1. The summed E-state index contributed by atoms with van der Waals surface area (Å²) in [6.45, 7) is 1.86. The number of alkyl halides is 1. The molecule has 1 atom stereocenters. The van der Waals surface area contributed by atoms with Crippen LogP contribution in [0.4, 0.5) is 13.2 Å². The van der Waals surface area contributed by atoms with Crippen LogP contribution < -0.4 is 0 Å². The monoisotopic (exact) mass is 222 g/mol. The third kappa shape index (κ3) is 2.41. The second kappa shape index (κ2) is 4.69. The lowest BCUT2D eigenvalue weighted by Crippen LogP contribution is -1.99. The third-order valence-electron chi connectivity index (χ3n) is 1.90. The van der Waals surface area contributed by atoms with Gasteiger partial charge in [0.2, 0.25) is 0 Å². The molecule has 0 fully saturated rings. The van der Waals surface area contributed by atoms with Crippen LogP contribution in [0.1, 0.15) is 30.7 Å². The number of hydrogen-bond acceptors (Lipinski definition) is 0. The number of benzene rings is 1. The van der Waals surface area contributed by atoms with Crippen molar-refractivity contribution in [1.82, 2.24) is 0 Å². The van der Waals surface area contributed by atoms with Gasteiger partial charge in [-0.3, -0.25) is 0 Å². The molecular weight excluding hydrogens is 213 g/mol. The lowest BCUT2D eigenvalue weighted by molar-refractivity contribution is 0.481. The highest BCUT2D eigenvalue weighted by Gasteiger charge is 2.17. The van der Waals surface area contributed by atoms with Gasteiger partial charge in [0, 0.05) is 11.6 Å². The molecule has 78 valence electrons. The fourth-order valence-electron chi connectivity index (χ4n) is 1.21. The van der Waals surface area contributed by atoms with E-state index in [1.54, 1.807) is 0 Å². The van der Waals surface area contributed by atoms with Crippen molar-refractivity contribution in [2.75, 3.05) is 0 Å². The summed E-state index contributed by atoms with van der Waals surface area (Å²) in [6.07, 6.45) is 1.22.